The van der Waals surface area contributed by atoms with Gasteiger partial charge in [-0.2, -0.15) is 5.10 Å². The van der Waals surface area contributed by atoms with Crippen LogP contribution in [0.5, 0.6) is 0 Å². The maximum atomic E-state index is 13.1. The lowest BCUT2D eigenvalue weighted by Gasteiger charge is -2.32. The molecule has 1 N–H and O–H groups in total. The zero-order valence-corrected chi connectivity index (χ0v) is 18.1. The van der Waals surface area contributed by atoms with E-state index in [4.69, 9.17) is 0 Å². The highest BCUT2D eigenvalue weighted by Crippen LogP contribution is 2.24. The summed E-state index contributed by atoms with van der Waals surface area (Å²) in [5.74, 6) is 0.371. The van der Waals surface area contributed by atoms with E-state index in [-0.39, 0.29) is 11.8 Å². The summed E-state index contributed by atoms with van der Waals surface area (Å²) in [6.07, 6.45) is 3.44. The van der Waals surface area contributed by atoms with E-state index in [9.17, 15) is 9.59 Å². The van der Waals surface area contributed by atoms with E-state index in [1.807, 2.05) is 41.6 Å². The van der Waals surface area contributed by atoms with E-state index in [1.54, 1.807) is 6.20 Å². The largest absolute Gasteiger partial charge is 0.352 e. The number of hydrogen-bond donors (Lipinski definition) is 1. The fraction of sp³-hybridized carbons (Fsp3) is 0.522. The van der Waals surface area contributed by atoms with Crippen molar-refractivity contribution in [1.82, 2.24) is 24.9 Å². The number of hydrogen-bond acceptors (Lipinski definition) is 4. The molecule has 0 aliphatic carbocycles. The molecular formula is C23H31N5O2. The molecule has 0 saturated carbocycles. The fourth-order valence-corrected chi connectivity index (χ4v) is 4.36. The van der Waals surface area contributed by atoms with Crippen molar-refractivity contribution < 1.29 is 9.59 Å². The molecule has 2 aromatic rings. The number of likely N-dealkylation sites (N-methyl/N-ethyl adjacent to an activating group) is 1. The minimum Gasteiger partial charge on any atom is -0.352 e. The van der Waals surface area contributed by atoms with Gasteiger partial charge in [0.2, 0.25) is 0 Å². The van der Waals surface area contributed by atoms with Crippen LogP contribution in [0, 0.1) is 19.8 Å². The molecule has 1 atom stereocenters. The quantitative estimate of drug-likeness (QED) is 0.837. The van der Waals surface area contributed by atoms with E-state index in [0.29, 0.717) is 12.5 Å². The molecule has 3 heterocycles. The number of benzene rings is 1. The highest BCUT2D eigenvalue weighted by molar-refractivity contribution is 5.96. The van der Waals surface area contributed by atoms with Crippen molar-refractivity contribution in [2.45, 2.75) is 33.2 Å². The summed E-state index contributed by atoms with van der Waals surface area (Å²) in [6, 6.07) is 5.82. The third-order valence-corrected chi connectivity index (χ3v) is 6.60. The zero-order valence-electron chi connectivity index (χ0n) is 18.1. The number of fused-ring (bicyclic) bond motifs is 1. The lowest BCUT2D eigenvalue weighted by Crippen LogP contribution is -2.47. The minimum absolute atomic E-state index is 0.0241. The Balaban J connectivity index is 1.40. The summed E-state index contributed by atoms with van der Waals surface area (Å²) in [5, 5.41) is 7.56. The summed E-state index contributed by atoms with van der Waals surface area (Å²) >= 11 is 0. The first-order chi connectivity index (χ1) is 14.4. The summed E-state index contributed by atoms with van der Waals surface area (Å²) in [6.45, 7) is 8.73. The SMILES string of the molecule is Cc1cccc(C(=O)NCC2CCn3ncc(C(=O)N4CCN(C)CC4)c3C2)c1C. The first-order valence-corrected chi connectivity index (χ1v) is 10.8. The first kappa shape index (κ1) is 20.6. The second-order valence-electron chi connectivity index (χ2n) is 8.64. The third kappa shape index (κ3) is 4.12. The van der Waals surface area contributed by atoms with Gasteiger partial charge in [-0.15, -0.1) is 0 Å². The summed E-state index contributed by atoms with van der Waals surface area (Å²) in [4.78, 5) is 29.9. The van der Waals surface area contributed by atoms with E-state index in [0.717, 1.165) is 73.5 Å². The highest BCUT2D eigenvalue weighted by Gasteiger charge is 2.29. The maximum Gasteiger partial charge on any atom is 0.257 e. The van der Waals surface area contributed by atoms with Gasteiger partial charge < -0.3 is 15.1 Å². The molecule has 4 rings (SSSR count). The van der Waals surface area contributed by atoms with Crippen LogP contribution in [-0.4, -0.2) is 71.2 Å². The summed E-state index contributed by atoms with van der Waals surface area (Å²) in [5.41, 5.74) is 4.62. The first-order valence-electron chi connectivity index (χ1n) is 10.8. The number of aromatic nitrogens is 2. The predicted molar refractivity (Wildman–Crippen MR) is 116 cm³/mol. The summed E-state index contributed by atoms with van der Waals surface area (Å²) < 4.78 is 1.96. The molecule has 1 fully saturated rings. The van der Waals surface area contributed by atoms with Gasteiger partial charge in [-0.25, -0.2) is 0 Å². The van der Waals surface area contributed by atoms with Crippen LogP contribution in [0.3, 0.4) is 0 Å². The van der Waals surface area contributed by atoms with Crippen LogP contribution in [0.2, 0.25) is 0 Å². The molecule has 1 unspecified atom stereocenters. The Morgan fingerprint density at radius 3 is 2.63 bits per heavy atom. The molecule has 0 bridgehead atoms. The van der Waals surface area contributed by atoms with Crippen molar-refractivity contribution in [3.63, 3.8) is 0 Å². The van der Waals surface area contributed by atoms with Gasteiger partial charge in [0.15, 0.2) is 0 Å². The number of aryl methyl sites for hydroxylation is 2. The van der Waals surface area contributed by atoms with Crippen LogP contribution in [0.1, 0.15) is 44.0 Å². The monoisotopic (exact) mass is 409 g/mol. The molecule has 2 amide bonds. The van der Waals surface area contributed by atoms with Gasteiger partial charge in [-0.05, 0) is 56.8 Å². The second-order valence-corrected chi connectivity index (χ2v) is 8.64. The third-order valence-electron chi connectivity index (χ3n) is 6.60. The van der Waals surface area contributed by atoms with Crippen LogP contribution in [0.15, 0.2) is 24.4 Å². The van der Waals surface area contributed by atoms with Crippen LogP contribution >= 0.6 is 0 Å². The number of carbonyl (C=O) groups is 2. The van der Waals surface area contributed by atoms with Gasteiger partial charge in [-0.3, -0.25) is 14.3 Å². The maximum absolute atomic E-state index is 13.1. The van der Waals surface area contributed by atoms with Crippen LogP contribution in [-0.2, 0) is 13.0 Å². The Labute approximate surface area is 178 Å². The van der Waals surface area contributed by atoms with E-state index in [2.05, 4.69) is 22.4 Å². The standard InChI is InChI=1S/C23H31N5O2/c1-16-5-4-6-19(17(16)2)22(29)24-14-18-7-8-28-21(13-18)20(15-25-28)23(30)27-11-9-26(3)10-12-27/h4-6,15,18H,7-14H2,1-3H3,(H,24,29). The molecule has 2 aliphatic heterocycles. The molecular weight excluding hydrogens is 378 g/mol. The van der Waals surface area contributed by atoms with Crippen molar-refractivity contribution in [3.05, 3.63) is 52.3 Å². The van der Waals surface area contributed by atoms with Gasteiger partial charge in [0.25, 0.3) is 11.8 Å². The predicted octanol–water partition coefficient (Wildman–Crippen LogP) is 1.88. The zero-order chi connectivity index (χ0) is 21.3. The minimum atomic E-state index is -0.0241. The van der Waals surface area contributed by atoms with Crippen molar-refractivity contribution in [2.75, 3.05) is 39.8 Å². The van der Waals surface area contributed by atoms with Crippen molar-refractivity contribution >= 4 is 11.8 Å². The van der Waals surface area contributed by atoms with Crippen molar-refractivity contribution in [2.24, 2.45) is 5.92 Å². The number of carbonyl (C=O) groups excluding carboxylic acids is 2. The smallest absolute Gasteiger partial charge is 0.257 e. The number of rotatable bonds is 4. The number of piperazine rings is 1. The van der Waals surface area contributed by atoms with Gasteiger partial charge >= 0.3 is 0 Å². The summed E-state index contributed by atoms with van der Waals surface area (Å²) in [7, 11) is 2.08. The molecule has 0 radical (unpaired) electrons. The fourth-order valence-electron chi connectivity index (χ4n) is 4.36. The average molecular weight is 410 g/mol. The highest BCUT2D eigenvalue weighted by atomic mass is 16.2. The Kier molecular flexibility index (Phi) is 5.90. The Bertz CT molecular complexity index is 943. The molecule has 160 valence electrons. The lowest BCUT2D eigenvalue weighted by atomic mass is 9.93. The van der Waals surface area contributed by atoms with E-state index < -0.39 is 0 Å². The molecule has 7 heteroatoms. The molecule has 0 spiro atoms. The van der Waals surface area contributed by atoms with Crippen LogP contribution in [0.25, 0.3) is 0 Å². The van der Waals surface area contributed by atoms with Crippen LogP contribution < -0.4 is 5.32 Å². The van der Waals surface area contributed by atoms with Crippen LogP contribution in [0.4, 0.5) is 0 Å². The number of nitrogens with zero attached hydrogens (tertiary/aromatic N) is 4. The van der Waals surface area contributed by atoms with Gasteiger partial charge in [0, 0.05) is 44.8 Å². The Morgan fingerprint density at radius 1 is 1.10 bits per heavy atom. The van der Waals surface area contributed by atoms with Gasteiger partial charge in [-0.1, -0.05) is 12.1 Å². The molecule has 30 heavy (non-hydrogen) atoms. The normalized spacial score (nSPS) is 19.4. The number of nitrogens with one attached hydrogen (secondary N) is 1. The Morgan fingerprint density at radius 2 is 1.87 bits per heavy atom. The van der Waals surface area contributed by atoms with E-state index >= 15 is 0 Å². The van der Waals surface area contributed by atoms with Gasteiger partial charge in [0.1, 0.15) is 0 Å². The topological polar surface area (TPSA) is 70.5 Å². The average Bonchev–Trinajstić information content (AvgIpc) is 3.17. The lowest BCUT2D eigenvalue weighted by molar-refractivity contribution is 0.0661. The van der Waals surface area contributed by atoms with Crippen molar-refractivity contribution in [3.8, 4) is 0 Å². The van der Waals surface area contributed by atoms with Crippen molar-refractivity contribution in [1.29, 1.82) is 0 Å². The Hall–Kier alpha value is -2.67. The molecule has 1 aromatic heterocycles. The molecule has 2 aliphatic rings. The molecule has 7 nitrogen and oxygen atoms in total. The van der Waals surface area contributed by atoms with Gasteiger partial charge in [0.05, 0.1) is 17.5 Å². The molecule has 1 aromatic carbocycles. The number of amides is 2. The molecule has 1 saturated heterocycles. The second kappa shape index (κ2) is 8.60. The van der Waals surface area contributed by atoms with E-state index in [1.165, 1.54) is 0 Å².